The normalized spacial score (nSPS) is 25.6. The summed E-state index contributed by atoms with van der Waals surface area (Å²) in [5, 5.41) is 12.5. The third-order valence-electron chi connectivity index (χ3n) is 4.27. The van der Waals surface area contributed by atoms with Crippen LogP contribution in [0.2, 0.25) is 0 Å². The number of nitrogens with zero attached hydrogens (tertiary/aromatic N) is 1. The lowest BCUT2D eigenvalue weighted by Crippen LogP contribution is -2.53. The van der Waals surface area contributed by atoms with Gasteiger partial charge in [-0.2, -0.15) is 0 Å². The molecule has 1 saturated heterocycles. The van der Waals surface area contributed by atoms with Crippen molar-refractivity contribution >= 4 is 15.9 Å². The van der Waals surface area contributed by atoms with Crippen LogP contribution in [0.4, 0.5) is 0 Å². The first-order valence-electron chi connectivity index (χ1n) is 7.55. The molecule has 3 unspecified atom stereocenters. The number of phenols is 1. The van der Waals surface area contributed by atoms with E-state index in [1.807, 2.05) is 12.1 Å². The fourth-order valence-corrected chi connectivity index (χ4v) is 3.42. The number of halogens is 1. The Morgan fingerprint density at radius 1 is 1.35 bits per heavy atom. The maximum Gasteiger partial charge on any atom is 0.120 e. The van der Waals surface area contributed by atoms with Crippen molar-refractivity contribution in [2.45, 2.75) is 64.6 Å². The lowest BCUT2D eigenvalue weighted by molar-refractivity contribution is 0.0280. The molecule has 0 saturated carbocycles. The highest BCUT2D eigenvalue weighted by Gasteiger charge is 2.27. The molecule has 0 radical (unpaired) electrons. The van der Waals surface area contributed by atoms with Crippen molar-refractivity contribution in [3.8, 4) is 5.75 Å². The second-order valence-corrected chi connectivity index (χ2v) is 6.74. The number of hydrazine groups is 1. The Labute approximate surface area is 130 Å². The summed E-state index contributed by atoms with van der Waals surface area (Å²) in [6, 6.07) is 6.88. The van der Waals surface area contributed by atoms with Crippen molar-refractivity contribution in [3.63, 3.8) is 0 Å². The van der Waals surface area contributed by atoms with Gasteiger partial charge in [0.05, 0.1) is 0 Å². The Morgan fingerprint density at radius 2 is 2.00 bits per heavy atom. The van der Waals surface area contributed by atoms with Gasteiger partial charge >= 0.3 is 0 Å². The van der Waals surface area contributed by atoms with Gasteiger partial charge in [-0.1, -0.05) is 29.3 Å². The Kier molecular flexibility index (Phi) is 5.47. The molecule has 3 nitrogen and oxygen atoms in total. The fraction of sp³-hybridized carbons (Fsp3) is 0.625. The molecule has 0 bridgehead atoms. The van der Waals surface area contributed by atoms with Gasteiger partial charge in [0.2, 0.25) is 0 Å². The summed E-state index contributed by atoms with van der Waals surface area (Å²) in [5.41, 5.74) is 4.61. The number of hydrogen-bond acceptors (Lipinski definition) is 3. The van der Waals surface area contributed by atoms with Crippen LogP contribution in [0, 0.1) is 0 Å². The molecule has 112 valence electrons. The standard InChI is InChI=1S/C16H25BrN2O/c1-4-15(14-10-13(17)8-9-16(14)20)18-19-11(2)6-5-7-12(19)3/h8-12,15,18,20H,4-7H2,1-3H3. The predicted molar refractivity (Wildman–Crippen MR) is 86.6 cm³/mol. The summed E-state index contributed by atoms with van der Waals surface area (Å²) in [7, 11) is 0. The molecule has 2 rings (SSSR count). The van der Waals surface area contributed by atoms with Crippen LogP contribution < -0.4 is 5.43 Å². The third kappa shape index (κ3) is 3.54. The lowest BCUT2D eigenvalue weighted by atomic mass is 9.99. The first kappa shape index (κ1) is 15.8. The van der Waals surface area contributed by atoms with E-state index in [0.29, 0.717) is 17.8 Å². The van der Waals surface area contributed by atoms with Crippen LogP contribution >= 0.6 is 15.9 Å². The molecule has 0 spiro atoms. The van der Waals surface area contributed by atoms with Crippen molar-refractivity contribution < 1.29 is 5.11 Å². The molecule has 0 amide bonds. The second-order valence-electron chi connectivity index (χ2n) is 5.83. The topological polar surface area (TPSA) is 35.5 Å². The Hall–Kier alpha value is -0.580. The summed E-state index contributed by atoms with van der Waals surface area (Å²) >= 11 is 3.49. The number of nitrogens with one attached hydrogen (secondary N) is 1. The first-order valence-corrected chi connectivity index (χ1v) is 8.35. The molecule has 1 aromatic rings. The molecule has 1 aliphatic heterocycles. The number of aromatic hydroxyl groups is 1. The quantitative estimate of drug-likeness (QED) is 0.853. The molecule has 1 aliphatic rings. The molecule has 4 heteroatoms. The lowest BCUT2D eigenvalue weighted by Gasteiger charge is -2.41. The molecule has 1 heterocycles. The molecule has 0 aliphatic carbocycles. The Balaban J connectivity index is 2.17. The van der Waals surface area contributed by atoms with E-state index in [2.05, 4.69) is 47.1 Å². The van der Waals surface area contributed by atoms with Gasteiger partial charge in [-0.15, -0.1) is 0 Å². The van der Waals surface area contributed by atoms with Crippen LogP contribution in [0.5, 0.6) is 5.75 Å². The van der Waals surface area contributed by atoms with Crippen LogP contribution in [0.15, 0.2) is 22.7 Å². The van der Waals surface area contributed by atoms with Crippen LogP contribution in [-0.4, -0.2) is 22.2 Å². The van der Waals surface area contributed by atoms with E-state index in [4.69, 9.17) is 0 Å². The van der Waals surface area contributed by atoms with Crippen molar-refractivity contribution in [1.82, 2.24) is 10.4 Å². The number of hydrogen-bond donors (Lipinski definition) is 2. The number of piperidine rings is 1. The predicted octanol–water partition coefficient (Wildman–Crippen LogP) is 4.37. The molecule has 2 N–H and O–H groups in total. The second kappa shape index (κ2) is 6.92. The summed E-state index contributed by atoms with van der Waals surface area (Å²) in [6.07, 6.45) is 4.72. The zero-order chi connectivity index (χ0) is 14.7. The van der Waals surface area contributed by atoms with Gasteiger partial charge in [-0.25, -0.2) is 10.4 Å². The van der Waals surface area contributed by atoms with Crippen molar-refractivity contribution in [2.75, 3.05) is 0 Å². The maximum atomic E-state index is 10.1. The highest BCUT2D eigenvalue weighted by Crippen LogP contribution is 2.31. The SMILES string of the molecule is CCC(NN1C(C)CCCC1C)c1cc(Br)ccc1O. The smallest absolute Gasteiger partial charge is 0.120 e. The van der Waals surface area contributed by atoms with E-state index in [-0.39, 0.29) is 6.04 Å². The van der Waals surface area contributed by atoms with Crippen LogP contribution in [0.3, 0.4) is 0 Å². The number of benzene rings is 1. The molecule has 3 atom stereocenters. The number of rotatable bonds is 4. The Morgan fingerprint density at radius 3 is 2.60 bits per heavy atom. The van der Waals surface area contributed by atoms with Gasteiger partial charge in [0.25, 0.3) is 0 Å². The fourth-order valence-electron chi connectivity index (χ4n) is 3.04. The van der Waals surface area contributed by atoms with Gasteiger partial charge < -0.3 is 5.11 Å². The summed E-state index contributed by atoms with van der Waals surface area (Å²) in [5.74, 6) is 0.366. The van der Waals surface area contributed by atoms with Gasteiger partial charge in [-0.3, -0.25) is 0 Å². The van der Waals surface area contributed by atoms with Gasteiger partial charge in [0, 0.05) is 28.2 Å². The molecule has 1 aromatic carbocycles. The average Bonchev–Trinajstić information content (AvgIpc) is 2.42. The minimum atomic E-state index is 0.149. The zero-order valence-electron chi connectivity index (χ0n) is 12.6. The zero-order valence-corrected chi connectivity index (χ0v) is 14.2. The summed E-state index contributed by atoms with van der Waals surface area (Å²) < 4.78 is 1.00. The van der Waals surface area contributed by atoms with Crippen LogP contribution in [0.25, 0.3) is 0 Å². The van der Waals surface area contributed by atoms with E-state index in [1.165, 1.54) is 19.3 Å². The van der Waals surface area contributed by atoms with Crippen molar-refractivity contribution in [1.29, 1.82) is 0 Å². The van der Waals surface area contributed by atoms with Crippen molar-refractivity contribution in [2.24, 2.45) is 0 Å². The molecular weight excluding hydrogens is 316 g/mol. The molecule has 20 heavy (non-hydrogen) atoms. The summed E-state index contributed by atoms with van der Waals surface area (Å²) in [6.45, 7) is 6.70. The molecule has 0 aromatic heterocycles. The summed E-state index contributed by atoms with van der Waals surface area (Å²) in [4.78, 5) is 0. The third-order valence-corrected chi connectivity index (χ3v) is 4.76. The Bertz CT molecular complexity index is 442. The monoisotopic (exact) mass is 340 g/mol. The highest BCUT2D eigenvalue weighted by molar-refractivity contribution is 9.10. The van der Waals surface area contributed by atoms with Crippen molar-refractivity contribution in [3.05, 3.63) is 28.2 Å². The van der Waals surface area contributed by atoms with E-state index in [9.17, 15) is 5.11 Å². The van der Waals surface area contributed by atoms with Crippen LogP contribution in [0.1, 0.15) is 58.1 Å². The van der Waals surface area contributed by atoms with Gasteiger partial charge in [-0.05, 0) is 51.3 Å². The van der Waals surface area contributed by atoms with E-state index in [0.717, 1.165) is 16.5 Å². The highest BCUT2D eigenvalue weighted by atomic mass is 79.9. The molecular formula is C16H25BrN2O. The maximum absolute atomic E-state index is 10.1. The average molecular weight is 341 g/mol. The minimum absolute atomic E-state index is 0.149. The van der Waals surface area contributed by atoms with E-state index < -0.39 is 0 Å². The van der Waals surface area contributed by atoms with E-state index in [1.54, 1.807) is 6.07 Å². The van der Waals surface area contributed by atoms with Gasteiger partial charge in [0.1, 0.15) is 5.75 Å². The van der Waals surface area contributed by atoms with Crippen LogP contribution in [-0.2, 0) is 0 Å². The number of phenolic OH excluding ortho intramolecular Hbond substituents is 1. The molecule has 1 fully saturated rings. The van der Waals surface area contributed by atoms with E-state index >= 15 is 0 Å². The largest absolute Gasteiger partial charge is 0.508 e. The minimum Gasteiger partial charge on any atom is -0.508 e. The van der Waals surface area contributed by atoms with Gasteiger partial charge in [0.15, 0.2) is 0 Å². The first-order chi connectivity index (χ1) is 9.52.